The minimum atomic E-state index is -4.16. The van der Waals surface area contributed by atoms with Gasteiger partial charge in [-0.3, -0.25) is 4.55 Å². The van der Waals surface area contributed by atoms with E-state index in [1.807, 2.05) is 6.79 Å². The Hall–Kier alpha value is -0.400. The van der Waals surface area contributed by atoms with Crippen LogP contribution in [0.25, 0.3) is 0 Å². The second-order valence-electron chi connectivity index (χ2n) is 2.01. The van der Waals surface area contributed by atoms with Crippen LogP contribution >= 0.6 is 0 Å². The van der Waals surface area contributed by atoms with Crippen LogP contribution < -0.4 is 35.3 Å². The first kappa shape index (κ1) is 16.0. The molecule has 0 bridgehead atoms. The summed E-state index contributed by atoms with van der Waals surface area (Å²) in [4.78, 5) is 7.75. The summed E-state index contributed by atoms with van der Waals surface area (Å²) in [5.41, 5.74) is 5.32. The van der Waals surface area contributed by atoms with Crippen molar-refractivity contribution in [2.24, 2.45) is 0 Å². The van der Waals surface area contributed by atoms with Gasteiger partial charge in [0.1, 0.15) is 11.7 Å². The normalized spacial score (nSPS) is 9.21. The van der Waals surface area contributed by atoms with E-state index in [1.54, 1.807) is 6.07 Å². The molecule has 74 valence electrons. The molecule has 0 saturated heterocycles. The van der Waals surface area contributed by atoms with Crippen molar-refractivity contribution in [2.75, 3.05) is 5.73 Å². The molecule has 0 amide bonds. The van der Waals surface area contributed by atoms with E-state index in [2.05, 4.69) is 0 Å². The van der Waals surface area contributed by atoms with Crippen LogP contribution in [-0.2, 0) is 14.9 Å². The second-order valence-corrected chi connectivity index (χ2v) is 3.40. The first-order valence-corrected chi connectivity index (χ1v) is 4.56. The third kappa shape index (κ3) is 4.73. The Balaban J connectivity index is -0.000000339. The van der Waals surface area contributed by atoms with Crippen molar-refractivity contribution in [3.63, 3.8) is 0 Å². The van der Waals surface area contributed by atoms with Gasteiger partial charge in [0.05, 0.1) is 5.69 Å². The van der Waals surface area contributed by atoms with Gasteiger partial charge in [-0.25, -0.2) is 0 Å². The van der Waals surface area contributed by atoms with Crippen molar-refractivity contribution >= 4 is 22.6 Å². The standard InChI is InChI=1S/C6H7NO3S.CH2O.Na.H/c7-5-3-1-2-4-6(5)11(8,9)10;1-2;;/h1-4H,7H2,(H,8,9,10);1H2;;/q;;+1;-1. The van der Waals surface area contributed by atoms with E-state index in [9.17, 15) is 8.42 Å². The molecule has 0 heterocycles. The van der Waals surface area contributed by atoms with Gasteiger partial charge < -0.3 is 12.0 Å². The minimum Gasteiger partial charge on any atom is -1.00 e. The number of hydrogen-bond acceptors (Lipinski definition) is 4. The molecule has 5 nitrogen and oxygen atoms in total. The number of benzene rings is 1. The molecule has 3 N–H and O–H groups in total. The zero-order chi connectivity index (χ0) is 10.5. The maximum atomic E-state index is 10.5. The summed E-state index contributed by atoms with van der Waals surface area (Å²) in [6, 6.07) is 5.72. The van der Waals surface area contributed by atoms with E-state index < -0.39 is 10.1 Å². The molecule has 7 heteroatoms. The van der Waals surface area contributed by atoms with Gasteiger partial charge >= 0.3 is 29.6 Å². The molecule has 0 saturated carbocycles. The average Bonchev–Trinajstić information content (AvgIpc) is 2.07. The van der Waals surface area contributed by atoms with Crippen LogP contribution in [0.5, 0.6) is 0 Å². The van der Waals surface area contributed by atoms with E-state index in [1.165, 1.54) is 18.2 Å². The van der Waals surface area contributed by atoms with Gasteiger partial charge in [-0.15, -0.1) is 0 Å². The van der Waals surface area contributed by atoms with E-state index in [0.717, 1.165) is 0 Å². The van der Waals surface area contributed by atoms with Crippen molar-refractivity contribution in [3.05, 3.63) is 24.3 Å². The molecule has 0 radical (unpaired) electrons. The molecule has 0 aliphatic heterocycles. The van der Waals surface area contributed by atoms with Crippen LogP contribution in [0.15, 0.2) is 29.2 Å². The number of anilines is 1. The smallest absolute Gasteiger partial charge is 1.00 e. The predicted octanol–water partition coefficient (Wildman–Crippen LogP) is -2.55. The third-order valence-corrected chi connectivity index (χ3v) is 2.12. The van der Waals surface area contributed by atoms with Crippen LogP contribution in [0.4, 0.5) is 5.69 Å². The second kappa shape index (κ2) is 6.97. The van der Waals surface area contributed by atoms with Gasteiger partial charge in [0.15, 0.2) is 0 Å². The van der Waals surface area contributed by atoms with Crippen molar-refractivity contribution in [1.29, 1.82) is 0 Å². The Morgan fingerprint density at radius 1 is 1.29 bits per heavy atom. The number of rotatable bonds is 1. The molecule has 1 rings (SSSR count). The van der Waals surface area contributed by atoms with Crippen LogP contribution in [0.2, 0.25) is 0 Å². The van der Waals surface area contributed by atoms with E-state index in [-0.39, 0.29) is 41.6 Å². The monoisotopic (exact) mass is 227 g/mol. The molecule has 0 atom stereocenters. The fourth-order valence-electron chi connectivity index (χ4n) is 0.715. The molecule has 1 aromatic rings. The molecule has 0 aromatic heterocycles. The molecule has 0 aliphatic rings. The van der Waals surface area contributed by atoms with Gasteiger partial charge in [-0.2, -0.15) is 8.42 Å². The maximum Gasteiger partial charge on any atom is 1.00 e. The molecule has 0 aliphatic carbocycles. The van der Waals surface area contributed by atoms with Gasteiger partial charge in [0.2, 0.25) is 0 Å². The van der Waals surface area contributed by atoms with Crippen LogP contribution in [-0.4, -0.2) is 19.8 Å². The first-order valence-electron chi connectivity index (χ1n) is 3.12. The number of nitrogen functional groups attached to an aromatic ring is 1. The van der Waals surface area contributed by atoms with Crippen LogP contribution in [0, 0.1) is 0 Å². The maximum absolute atomic E-state index is 10.5. The van der Waals surface area contributed by atoms with E-state index in [4.69, 9.17) is 15.1 Å². The molecule has 14 heavy (non-hydrogen) atoms. The molecule has 0 spiro atoms. The molecular weight excluding hydrogens is 217 g/mol. The third-order valence-electron chi connectivity index (χ3n) is 1.20. The fourth-order valence-corrected chi connectivity index (χ4v) is 1.33. The first-order chi connectivity index (χ1) is 6.02. The van der Waals surface area contributed by atoms with Gasteiger partial charge in [-0.1, -0.05) is 12.1 Å². The molecule has 0 unspecified atom stereocenters. The molecular formula is C7H10NNaO4S. The summed E-state index contributed by atoms with van der Waals surface area (Å²) in [5.74, 6) is 0. The van der Waals surface area contributed by atoms with Gasteiger partial charge in [0, 0.05) is 0 Å². The van der Waals surface area contributed by atoms with Crippen molar-refractivity contribution < 1.29 is 48.7 Å². The number of carbonyl (C=O) groups excluding carboxylic acids is 1. The van der Waals surface area contributed by atoms with E-state index in [0.29, 0.717) is 0 Å². The Kier molecular flexibility index (Phi) is 7.98. The zero-order valence-electron chi connectivity index (χ0n) is 8.67. The summed E-state index contributed by atoms with van der Waals surface area (Å²) < 4.78 is 29.6. The van der Waals surface area contributed by atoms with Crippen molar-refractivity contribution in [2.45, 2.75) is 4.90 Å². The predicted molar refractivity (Wildman–Crippen MR) is 48.9 cm³/mol. The number of para-hydroxylation sites is 1. The summed E-state index contributed by atoms with van der Waals surface area (Å²) >= 11 is 0. The summed E-state index contributed by atoms with van der Waals surface area (Å²) in [6.45, 7) is 2.00. The molecule has 1 aromatic carbocycles. The topological polar surface area (TPSA) is 97.5 Å². The quantitative estimate of drug-likeness (QED) is 0.312. The number of nitrogens with two attached hydrogens (primary N) is 1. The Bertz CT molecular complexity index is 384. The van der Waals surface area contributed by atoms with E-state index >= 15 is 0 Å². The Labute approximate surface area is 106 Å². The summed E-state index contributed by atoms with van der Waals surface area (Å²) in [6.07, 6.45) is 0. The van der Waals surface area contributed by atoms with Gasteiger partial charge in [0.25, 0.3) is 10.1 Å². The Morgan fingerprint density at radius 2 is 1.71 bits per heavy atom. The summed E-state index contributed by atoms with van der Waals surface area (Å²) in [5, 5.41) is 0. The Morgan fingerprint density at radius 3 is 2.00 bits per heavy atom. The summed E-state index contributed by atoms with van der Waals surface area (Å²) in [7, 11) is -4.16. The number of hydrogen-bond donors (Lipinski definition) is 2. The zero-order valence-corrected chi connectivity index (χ0v) is 10.5. The van der Waals surface area contributed by atoms with Gasteiger partial charge in [-0.05, 0) is 12.1 Å². The fraction of sp³-hybridized carbons (Fsp3) is 0. The van der Waals surface area contributed by atoms with Crippen LogP contribution in [0.1, 0.15) is 1.43 Å². The molecule has 0 fully saturated rings. The SMILES string of the molecule is C=O.Nc1ccccc1S(=O)(=O)O.[H-].[Na+]. The van der Waals surface area contributed by atoms with Crippen molar-refractivity contribution in [3.8, 4) is 0 Å². The minimum absolute atomic E-state index is 0. The number of carbonyl (C=O) groups is 1. The van der Waals surface area contributed by atoms with Crippen LogP contribution in [0.3, 0.4) is 0 Å². The average molecular weight is 227 g/mol. The van der Waals surface area contributed by atoms with Crippen molar-refractivity contribution in [1.82, 2.24) is 0 Å². The largest absolute Gasteiger partial charge is 1.00 e.